The van der Waals surface area contributed by atoms with Crippen LogP contribution in [-0.4, -0.2) is 14.8 Å². The first-order valence-electron chi connectivity index (χ1n) is 9.61. The highest BCUT2D eigenvalue weighted by Crippen LogP contribution is 2.44. The Morgan fingerprint density at radius 2 is 1.57 bits per heavy atom. The van der Waals surface area contributed by atoms with E-state index < -0.39 is 0 Å². The summed E-state index contributed by atoms with van der Waals surface area (Å²) in [7, 11) is 0. The molecule has 0 amide bonds. The van der Waals surface area contributed by atoms with Crippen LogP contribution >= 0.6 is 23.1 Å². The molecule has 5 heteroatoms. The molecule has 0 unspecified atom stereocenters. The maximum absolute atomic E-state index is 4.63. The third-order valence-electron chi connectivity index (χ3n) is 4.99. The molecule has 1 aliphatic carbocycles. The van der Waals surface area contributed by atoms with Gasteiger partial charge in [0.05, 0.1) is 5.25 Å². The zero-order chi connectivity index (χ0) is 18.8. The number of hydrogen-bond donors (Lipinski definition) is 0. The fourth-order valence-electron chi connectivity index (χ4n) is 3.47. The molecule has 1 fully saturated rings. The van der Waals surface area contributed by atoms with Crippen LogP contribution in [-0.2, 0) is 6.42 Å². The zero-order valence-corrected chi connectivity index (χ0v) is 17.1. The molecule has 3 nitrogen and oxygen atoms in total. The highest BCUT2D eigenvalue weighted by Gasteiger charge is 2.31. The van der Waals surface area contributed by atoms with Crippen LogP contribution in [0.2, 0.25) is 0 Å². The minimum Gasteiger partial charge on any atom is -0.303 e. The number of thioether (sulfide) groups is 1. The van der Waals surface area contributed by atoms with E-state index in [4.69, 9.17) is 0 Å². The Kier molecular flexibility index (Phi) is 5.02. The average Bonchev–Trinajstić information content (AvgIpc) is 3.30. The molecule has 2 heterocycles. The fourth-order valence-corrected chi connectivity index (χ4v) is 5.42. The van der Waals surface area contributed by atoms with Gasteiger partial charge in [0.2, 0.25) is 0 Å². The smallest absolute Gasteiger partial charge is 0.192 e. The molecule has 2 aromatic heterocycles. The third kappa shape index (κ3) is 3.77. The van der Waals surface area contributed by atoms with Crippen molar-refractivity contribution >= 4 is 23.1 Å². The van der Waals surface area contributed by atoms with Crippen LogP contribution in [0.15, 0.2) is 83.3 Å². The van der Waals surface area contributed by atoms with Crippen LogP contribution in [0, 0.1) is 0 Å². The Morgan fingerprint density at radius 1 is 0.893 bits per heavy atom. The normalized spacial score (nSPS) is 13.9. The van der Waals surface area contributed by atoms with Crippen molar-refractivity contribution in [2.45, 2.75) is 35.7 Å². The summed E-state index contributed by atoms with van der Waals surface area (Å²) in [6.45, 7) is 0. The summed E-state index contributed by atoms with van der Waals surface area (Å²) in [6.07, 6.45) is 3.32. The van der Waals surface area contributed by atoms with Gasteiger partial charge in [-0.05, 0) is 35.4 Å². The number of hydrogen-bond acceptors (Lipinski definition) is 4. The molecule has 0 saturated heterocycles. The van der Waals surface area contributed by atoms with Gasteiger partial charge in [-0.2, -0.15) is 0 Å². The Hall–Kier alpha value is -2.37. The molecular weight excluding hydrogens is 382 g/mol. The van der Waals surface area contributed by atoms with E-state index in [2.05, 4.69) is 92.9 Å². The zero-order valence-electron chi connectivity index (χ0n) is 15.4. The number of nitrogens with zero attached hydrogens (tertiary/aromatic N) is 3. The predicted molar refractivity (Wildman–Crippen MR) is 116 cm³/mol. The van der Waals surface area contributed by atoms with E-state index in [1.165, 1.54) is 28.8 Å². The highest BCUT2D eigenvalue weighted by molar-refractivity contribution is 7.99. The molecular formula is C23H21N3S2. The first-order chi connectivity index (χ1) is 13.9. The van der Waals surface area contributed by atoms with E-state index >= 15 is 0 Å². The van der Waals surface area contributed by atoms with Crippen LogP contribution in [0.5, 0.6) is 0 Å². The minimum atomic E-state index is 0.207. The van der Waals surface area contributed by atoms with Crippen molar-refractivity contribution in [1.29, 1.82) is 0 Å². The van der Waals surface area contributed by atoms with E-state index in [1.54, 1.807) is 11.3 Å². The molecule has 0 bridgehead atoms. The van der Waals surface area contributed by atoms with Crippen molar-refractivity contribution in [2.24, 2.45) is 0 Å². The van der Waals surface area contributed by atoms with Crippen LogP contribution in [0.3, 0.4) is 0 Å². The largest absolute Gasteiger partial charge is 0.303 e. The number of thiophene rings is 1. The first kappa shape index (κ1) is 17.7. The summed E-state index contributed by atoms with van der Waals surface area (Å²) in [5.41, 5.74) is 2.59. The SMILES string of the molecule is c1ccc(C(Sc2nnc(Cc3cccs3)n2C2CC2)c2ccccc2)cc1. The van der Waals surface area contributed by atoms with E-state index in [0.717, 1.165) is 17.4 Å². The second-order valence-corrected chi connectivity index (χ2v) is 9.18. The molecule has 0 atom stereocenters. The Balaban J connectivity index is 1.50. The van der Waals surface area contributed by atoms with E-state index in [1.807, 2.05) is 11.8 Å². The molecule has 1 saturated carbocycles. The van der Waals surface area contributed by atoms with Gasteiger partial charge in [-0.1, -0.05) is 78.5 Å². The molecule has 2 aromatic carbocycles. The van der Waals surface area contributed by atoms with Crippen molar-refractivity contribution in [1.82, 2.24) is 14.8 Å². The molecule has 28 heavy (non-hydrogen) atoms. The summed E-state index contributed by atoms with van der Waals surface area (Å²) < 4.78 is 2.39. The van der Waals surface area contributed by atoms with Crippen molar-refractivity contribution < 1.29 is 0 Å². The minimum absolute atomic E-state index is 0.207. The fraction of sp³-hybridized carbons (Fsp3) is 0.217. The van der Waals surface area contributed by atoms with Gasteiger partial charge in [-0.15, -0.1) is 21.5 Å². The summed E-state index contributed by atoms with van der Waals surface area (Å²) in [5, 5.41) is 12.6. The lowest BCUT2D eigenvalue weighted by molar-refractivity contribution is 0.634. The Labute approximate surface area is 173 Å². The van der Waals surface area contributed by atoms with Crippen LogP contribution in [0.1, 0.15) is 46.0 Å². The second kappa shape index (κ2) is 7.94. The number of benzene rings is 2. The van der Waals surface area contributed by atoms with Crippen LogP contribution < -0.4 is 0 Å². The second-order valence-electron chi connectivity index (χ2n) is 7.08. The summed E-state index contributed by atoms with van der Waals surface area (Å²) in [4.78, 5) is 1.34. The maximum Gasteiger partial charge on any atom is 0.192 e. The van der Waals surface area contributed by atoms with Gasteiger partial charge >= 0.3 is 0 Å². The quantitative estimate of drug-likeness (QED) is 0.347. The van der Waals surface area contributed by atoms with Crippen LogP contribution in [0.4, 0.5) is 0 Å². The van der Waals surface area contributed by atoms with Gasteiger partial charge in [0.25, 0.3) is 0 Å². The monoisotopic (exact) mass is 403 g/mol. The van der Waals surface area contributed by atoms with Crippen molar-refractivity contribution in [3.63, 3.8) is 0 Å². The lowest BCUT2D eigenvalue weighted by atomic mass is 10.0. The maximum atomic E-state index is 4.63. The lowest BCUT2D eigenvalue weighted by Gasteiger charge is -2.18. The van der Waals surface area contributed by atoms with E-state index in [0.29, 0.717) is 6.04 Å². The summed E-state index contributed by atoms with van der Waals surface area (Å²) in [5.74, 6) is 1.09. The third-order valence-corrected chi connectivity index (χ3v) is 7.13. The molecule has 0 spiro atoms. The molecule has 0 N–H and O–H groups in total. The summed E-state index contributed by atoms with van der Waals surface area (Å²) >= 11 is 3.60. The Bertz CT molecular complexity index is 983. The van der Waals surface area contributed by atoms with Gasteiger partial charge in [0, 0.05) is 17.3 Å². The highest BCUT2D eigenvalue weighted by atomic mass is 32.2. The van der Waals surface area contributed by atoms with Gasteiger partial charge in [0.15, 0.2) is 5.16 Å². The van der Waals surface area contributed by atoms with Crippen LogP contribution in [0.25, 0.3) is 0 Å². The molecule has 4 aromatic rings. The molecule has 0 aliphatic heterocycles. The molecule has 0 radical (unpaired) electrons. The van der Waals surface area contributed by atoms with Gasteiger partial charge in [-0.3, -0.25) is 0 Å². The molecule has 140 valence electrons. The number of aromatic nitrogens is 3. The first-order valence-corrected chi connectivity index (χ1v) is 11.4. The van der Waals surface area contributed by atoms with Gasteiger partial charge in [-0.25, -0.2) is 0 Å². The summed E-state index contributed by atoms with van der Waals surface area (Å²) in [6, 6.07) is 26.2. The average molecular weight is 404 g/mol. The van der Waals surface area contributed by atoms with Crippen molar-refractivity contribution in [3.05, 3.63) is 100 Å². The van der Waals surface area contributed by atoms with E-state index in [9.17, 15) is 0 Å². The molecule has 5 rings (SSSR count). The Morgan fingerprint density at radius 3 is 2.14 bits per heavy atom. The number of rotatable bonds is 7. The van der Waals surface area contributed by atoms with E-state index in [-0.39, 0.29) is 5.25 Å². The topological polar surface area (TPSA) is 30.7 Å². The standard InChI is InChI=1S/C23H21N3S2/c1-3-8-17(9-4-1)22(18-10-5-2-6-11-18)28-23-25-24-21(26(23)19-13-14-19)16-20-12-7-15-27-20/h1-12,15,19,22H,13-14,16H2. The van der Waals surface area contributed by atoms with Crippen molar-refractivity contribution in [3.8, 4) is 0 Å². The van der Waals surface area contributed by atoms with Gasteiger partial charge < -0.3 is 4.57 Å². The molecule has 1 aliphatic rings. The lowest BCUT2D eigenvalue weighted by Crippen LogP contribution is -2.05. The predicted octanol–water partition coefficient (Wildman–Crippen LogP) is 6.15. The van der Waals surface area contributed by atoms with Gasteiger partial charge in [0.1, 0.15) is 5.82 Å². The van der Waals surface area contributed by atoms with Crippen molar-refractivity contribution in [2.75, 3.05) is 0 Å².